The van der Waals surface area contributed by atoms with E-state index in [-0.39, 0.29) is 30.4 Å². The van der Waals surface area contributed by atoms with Gasteiger partial charge >= 0.3 is 0 Å². The molecule has 0 heterocycles. The number of carbonyl (C=O) groups is 2. The van der Waals surface area contributed by atoms with Gasteiger partial charge in [0.25, 0.3) is 0 Å². The summed E-state index contributed by atoms with van der Waals surface area (Å²) in [5.41, 5.74) is 0. The molecule has 3 heteroatoms. The first-order chi connectivity index (χ1) is 6.16. The normalized spacial score (nSPS) is 9.86. The zero-order chi connectivity index (χ0) is 10.1. The Hall–Kier alpha value is -0.630. The van der Waals surface area contributed by atoms with Gasteiger partial charge < -0.3 is 0 Å². The van der Waals surface area contributed by atoms with Gasteiger partial charge in [-0.3, -0.25) is 9.59 Å². The van der Waals surface area contributed by atoms with Gasteiger partial charge in [0, 0.05) is 6.42 Å². The van der Waals surface area contributed by atoms with Crippen LogP contribution in [0.5, 0.6) is 0 Å². The number of unbranched alkanes of at least 4 members (excludes halogenated alkanes) is 1. The Bertz CT molecular complexity index is 197. The lowest BCUT2D eigenvalue weighted by Crippen LogP contribution is -2.03. The number of carbonyl (C=O) groups excluding carboxylic acids is 2. The molecule has 0 aromatic heterocycles. The van der Waals surface area contributed by atoms with Crippen molar-refractivity contribution in [3.05, 3.63) is 12.2 Å². The highest BCUT2D eigenvalue weighted by molar-refractivity contribution is 5.97. The van der Waals surface area contributed by atoms with E-state index < -0.39 is 0 Å². The summed E-state index contributed by atoms with van der Waals surface area (Å²) in [6.07, 6.45) is 7.68. The van der Waals surface area contributed by atoms with E-state index in [1.807, 2.05) is 6.08 Å². The van der Waals surface area contributed by atoms with Crippen LogP contribution in [-0.4, -0.2) is 11.6 Å². The van der Waals surface area contributed by atoms with Crippen LogP contribution in [0.15, 0.2) is 12.2 Å². The monoisotopic (exact) mass is 218 g/mol. The largest absolute Gasteiger partial charge is 0.300 e. The summed E-state index contributed by atoms with van der Waals surface area (Å²) in [6.45, 7) is 3.57. The first-order valence-corrected chi connectivity index (χ1v) is 4.83. The fraction of sp³-hybridized carbons (Fsp3) is 0.636. The summed E-state index contributed by atoms with van der Waals surface area (Å²) < 4.78 is 0. The van der Waals surface area contributed by atoms with Crippen LogP contribution in [0.1, 0.15) is 46.0 Å². The average molecular weight is 219 g/mol. The second-order valence-corrected chi connectivity index (χ2v) is 3.22. The van der Waals surface area contributed by atoms with Crippen molar-refractivity contribution in [3.63, 3.8) is 0 Å². The smallest absolute Gasteiger partial charge is 0.140 e. The van der Waals surface area contributed by atoms with Crippen LogP contribution in [0.4, 0.5) is 0 Å². The summed E-state index contributed by atoms with van der Waals surface area (Å²) >= 11 is 0. The average Bonchev–Trinajstić information content (AvgIpc) is 2.02. The third-order valence-electron chi connectivity index (χ3n) is 1.66. The Morgan fingerprint density at radius 1 is 1.14 bits per heavy atom. The SMILES string of the molecule is CCCC=CCCC(=O)CC(C)=O.Cl. The van der Waals surface area contributed by atoms with Gasteiger partial charge in [-0.25, -0.2) is 0 Å². The highest BCUT2D eigenvalue weighted by atomic mass is 35.5. The van der Waals surface area contributed by atoms with Crippen molar-refractivity contribution in [3.8, 4) is 0 Å². The van der Waals surface area contributed by atoms with Crippen molar-refractivity contribution < 1.29 is 9.59 Å². The minimum atomic E-state index is -0.0393. The molecule has 0 N–H and O–H groups in total. The van der Waals surface area contributed by atoms with E-state index in [1.165, 1.54) is 6.92 Å². The Morgan fingerprint density at radius 3 is 2.21 bits per heavy atom. The molecule has 14 heavy (non-hydrogen) atoms. The van der Waals surface area contributed by atoms with Gasteiger partial charge in [0.1, 0.15) is 11.6 Å². The number of hydrogen-bond acceptors (Lipinski definition) is 2. The second-order valence-electron chi connectivity index (χ2n) is 3.22. The number of hydrogen-bond donors (Lipinski definition) is 0. The van der Waals surface area contributed by atoms with Crippen LogP contribution in [0, 0.1) is 0 Å². The predicted molar refractivity (Wildman–Crippen MR) is 60.8 cm³/mol. The molecular formula is C11H19ClO2. The van der Waals surface area contributed by atoms with E-state index in [9.17, 15) is 9.59 Å². The molecule has 0 bridgehead atoms. The van der Waals surface area contributed by atoms with Gasteiger partial charge in [-0.2, -0.15) is 0 Å². The van der Waals surface area contributed by atoms with E-state index in [1.54, 1.807) is 0 Å². The summed E-state index contributed by atoms with van der Waals surface area (Å²) in [7, 11) is 0. The number of halogens is 1. The quantitative estimate of drug-likeness (QED) is 0.486. The van der Waals surface area contributed by atoms with Gasteiger partial charge in [-0.1, -0.05) is 25.5 Å². The molecule has 0 spiro atoms. The molecule has 0 radical (unpaired) electrons. The predicted octanol–water partition coefficient (Wildman–Crippen LogP) is 3.09. The van der Waals surface area contributed by atoms with Crippen LogP contribution in [0.2, 0.25) is 0 Å². The fourth-order valence-corrected chi connectivity index (χ4v) is 1.01. The maximum Gasteiger partial charge on any atom is 0.140 e. The van der Waals surface area contributed by atoms with Crippen molar-refractivity contribution in [2.45, 2.75) is 46.0 Å². The van der Waals surface area contributed by atoms with Crippen LogP contribution < -0.4 is 0 Å². The number of rotatable bonds is 7. The zero-order valence-electron chi connectivity index (χ0n) is 8.91. The Balaban J connectivity index is 0. The van der Waals surface area contributed by atoms with Crippen molar-refractivity contribution >= 4 is 24.0 Å². The maximum atomic E-state index is 11.0. The van der Waals surface area contributed by atoms with Crippen LogP contribution >= 0.6 is 12.4 Å². The van der Waals surface area contributed by atoms with Gasteiger partial charge in [-0.05, 0) is 19.8 Å². The molecular weight excluding hydrogens is 200 g/mol. The van der Waals surface area contributed by atoms with Crippen molar-refractivity contribution in [2.24, 2.45) is 0 Å². The molecule has 2 nitrogen and oxygen atoms in total. The number of Topliss-reactive ketones (excluding diaryl/α,β-unsaturated/α-hetero) is 2. The molecule has 0 aliphatic carbocycles. The third-order valence-corrected chi connectivity index (χ3v) is 1.66. The van der Waals surface area contributed by atoms with E-state index in [0.717, 1.165) is 19.3 Å². The van der Waals surface area contributed by atoms with Crippen molar-refractivity contribution in [2.75, 3.05) is 0 Å². The summed E-state index contributed by atoms with van der Waals surface area (Å²) in [6, 6.07) is 0. The molecule has 0 aromatic rings. The van der Waals surface area contributed by atoms with Gasteiger partial charge in [0.2, 0.25) is 0 Å². The van der Waals surface area contributed by atoms with Crippen molar-refractivity contribution in [1.29, 1.82) is 0 Å². The van der Waals surface area contributed by atoms with Crippen LogP contribution in [-0.2, 0) is 9.59 Å². The minimum absolute atomic E-state index is 0. The molecule has 0 aromatic carbocycles. The lowest BCUT2D eigenvalue weighted by molar-refractivity contribution is -0.125. The molecule has 82 valence electrons. The van der Waals surface area contributed by atoms with E-state index >= 15 is 0 Å². The maximum absolute atomic E-state index is 11.0. The third kappa shape index (κ3) is 11.4. The topological polar surface area (TPSA) is 34.1 Å². The van der Waals surface area contributed by atoms with E-state index in [4.69, 9.17) is 0 Å². The molecule has 0 aliphatic heterocycles. The van der Waals surface area contributed by atoms with Crippen LogP contribution in [0.3, 0.4) is 0 Å². The van der Waals surface area contributed by atoms with Gasteiger partial charge in [0.05, 0.1) is 6.42 Å². The standard InChI is InChI=1S/C11H18O2.ClH/c1-3-4-5-6-7-8-11(13)9-10(2)12;/h5-6H,3-4,7-9H2,1-2H3;1H. The van der Waals surface area contributed by atoms with Crippen LogP contribution in [0.25, 0.3) is 0 Å². The second kappa shape index (κ2) is 10.5. The molecule has 0 rings (SSSR count). The Morgan fingerprint density at radius 2 is 1.71 bits per heavy atom. The summed E-state index contributed by atoms with van der Waals surface area (Å²) in [4.78, 5) is 21.6. The first-order valence-electron chi connectivity index (χ1n) is 4.83. The molecule has 0 aliphatic rings. The molecule has 0 saturated heterocycles. The number of allylic oxidation sites excluding steroid dienone is 2. The molecule has 0 unspecified atom stereocenters. The Kier molecular flexibility index (Phi) is 11.8. The molecule has 0 saturated carbocycles. The van der Waals surface area contributed by atoms with Crippen molar-refractivity contribution in [1.82, 2.24) is 0 Å². The fourth-order valence-electron chi connectivity index (χ4n) is 1.01. The Labute approximate surface area is 92.2 Å². The summed E-state index contributed by atoms with van der Waals surface area (Å²) in [5, 5.41) is 0. The first kappa shape index (κ1) is 15.8. The summed E-state index contributed by atoms with van der Waals surface area (Å²) in [5.74, 6) is 0.0104. The lowest BCUT2D eigenvalue weighted by Gasteiger charge is -1.93. The molecule has 0 fully saturated rings. The van der Waals surface area contributed by atoms with Gasteiger partial charge in [-0.15, -0.1) is 12.4 Å². The number of ketones is 2. The lowest BCUT2D eigenvalue weighted by atomic mass is 10.1. The molecule has 0 amide bonds. The van der Waals surface area contributed by atoms with E-state index in [0.29, 0.717) is 6.42 Å². The van der Waals surface area contributed by atoms with E-state index in [2.05, 4.69) is 13.0 Å². The molecule has 0 atom stereocenters. The zero-order valence-corrected chi connectivity index (χ0v) is 9.73. The minimum Gasteiger partial charge on any atom is -0.300 e. The highest BCUT2D eigenvalue weighted by Gasteiger charge is 2.02. The highest BCUT2D eigenvalue weighted by Crippen LogP contribution is 1.98. The van der Waals surface area contributed by atoms with Gasteiger partial charge in [0.15, 0.2) is 0 Å².